The van der Waals surface area contributed by atoms with Gasteiger partial charge in [-0.15, -0.1) is 0 Å². The Hall–Kier alpha value is -3.09. The minimum atomic E-state index is -0.543. The number of piperidine rings is 1. The normalized spacial score (nSPS) is 21.7. The van der Waals surface area contributed by atoms with Crippen molar-refractivity contribution >= 4 is 46.3 Å². The van der Waals surface area contributed by atoms with E-state index in [0.717, 1.165) is 25.7 Å². The zero-order valence-electron chi connectivity index (χ0n) is 19.6. The molecule has 11 heteroatoms. The van der Waals surface area contributed by atoms with Crippen molar-refractivity contribution in [2.24, 2.45) is 0 Å². The maximum atomic E-state index is 12.3. The standard InChI is InChI=1S/C24H25Cl2N7O2/c1-24(2,3)35-23(34)28-12-9-13-7-8-14(10-12)33(13)22-29-17(11-27)18-20(31-32-21(18)30-22)15-5-4-6-16(25)19(15)26/h4-6,12-14H,7-10H2,1-3H3,(H,28,34)(H,29,30,31,32)/t12-,13+,14-. The predicted octanol–water partition coefficient (Wildman–Crippen LogP) is 5.22. The summed E-state index contributed by atoms with van der Waals surface area (Å²) in [5.74, 6) is 0.490. The van der Waals surface area contributed by atoms with Gasteiger partial charge >= 0.3 is 6.09 Å². The van der Waals surface area contributed by atoms with Gasteiger partial charge in [0.05, 0.1) is 15.4 Å². The summed E-state index contributed by atoms with van der Waals surface area (Å²) in [6, 6.07) is 7.79. The van der Waals surface area contributed by atoms with Gasteiger partial charge in [-0.1, -0.05) is 35.3 Å². The fourth-order valence-corrected chi connectivity index (χ4v) is 5.48. The number of benzene rings is 1. The van der Waals surface area contributed by atoms with Crippen molar-refractivity contribution in [2.45, 2.75) is 70.2 Å². The molecule has 1 amide bonds. The zero-order chi connectivity index (χ0) is 24.9. The number of alkyl carbamates (subject to hydrolysis) is 1. The number of carbonyl (C=O) groups is 1. The first-order valence-electron chi connectivity index (χ1n) is 11.5. The molecule has 3 atom stereocenters. The Balaban J connectivity index is 1.43. The Bertz CT molecular complexity index is 1330. The number of ether oxygens (including phenoxy) is 1. The zero-order valence-corrected chi connectivity index (χ0v) is 21.1. The van der Waals surface area contributed by atoms with E-state index < -0.39 is 11.7 Å². The number of carbonyl (C=O) groups excluding carboxylic acids is 1. The molecule has 4 heterocycles. The number of aromatic nitrogens is 4. The van der Waals surface area contributed by atoms with E-state index in [9.17, 15) is 10.1 Å². The molecule has 2 aromatic heterocycles. The van der Waals surface area contributed by atoms with Crippen LogP contribution in [0, 0.1) is 11.3 Å². The molecule has 0 aliphatic carbocycles. The quantitative estimate of drug-likeness (QED) is 0.492. The second-order valence-electron chi connectivity index (χ2n) is 9.99. The van der Waals surface area contributed by atoms with Crippen LogP contribution in [0.2, 0.25) is 10.0 Å². The van der Waals surface area contributed by atoms with Crippen molar-refractivity contribution in [3.63, 3.8) is 0 Å². The van der Waals surface area contributed by atoms with Crippen LogP contribution in [-0.2, 0) is 4.74 Å². The van der Waals surface area contributed by atoms with Crippen LogP contribution in [0.1, 0.15) is 52.1 Å². The summed E-state index contributed by atoms with van der Waals surface area (Å²) in [6.45, 7) is 5.54. The first kappa shape index (κ1) is 23.6. The lowest BCUT2D eigenvalue weighted by molar-refractivity contribution is 0.0492. The summed E-state index contributed by atoms with van der Waals surface area (Å²) in [6.07, 6.45) is 3.04. The molecule has 3 aromatic rings. The first-order chi connectivity index (χ1) is 16.6. The number of nitrogens with zero attached hydrogens (tertiary/aromatic N) is 5. The average molecular weight is 514 g/mol. The average Bonchev–Trinajstić information content (AvgIpc) is 3.32. The molecule has 0 unspecified atom stereocenters. The summed E-state index contributed by atoms with van der Waals surface area (Å²) in [7, 11) is 0. The molecule has 5 rings (SSSR count). The molecule has 1 aromatic carbocycles. The lowest BCUT2D eigenvalue weighted by Gasteiger charge is -2.39. The Labute approximate surface area is 212 Å². The number of halogens is 2. The van der Waals surface area contributed by atoms with Crippen molar-refractivity contribution in [3.05, 3.63) is 33.9 Å². The van der Waals surface area contributed by atoms with Crippen LogP contribution in [-0.4, -0.2) is 50.0 Å². The molecule has 2 fully saturated rings. The van der Waals surface area contributed by atoms with Gasteiger partial charge < -0.3 is 15.0 Å². The number of anilines is 1. The van der Waals surface area contributed by atoms with Gasteiger partial charge in [0.2, 0.25) is 5.95 Å². The summed E-state index contributed by atoms with van der Waals surface area (Å²) >= 11 is 12.6. The summed E-state index contributed by atoms with van der Waals surface area (Å²) < 4.78 is 5.42. The molecule has 2 aliphatic rings. The molecule has 2 bridgehead atoms. The second-order valence-corrected chi connectivity index (χ2v) is 10.8. The maximum absolute atomic E-state index is 12.3. The molecular weight excluding hydrogens is 489 g/mol. The lowest BCUT2D eigenvalue weighted by Crippen LogP contribution is -2.51. The van der Waals surface area contributed by atoms with Crippen molar-refractivity contribution in [1.82, 2.24) is 25.5 Å². The number of fused-ring (bicyclic) bond motifs is 3. The monoisotopic (exact) mass is 513 g/mol. The molecule has 2 saturated heterocycles. The van der Waals surface area contributed by atoms with Gasteiger partial charge in [-0.25, -0.2) is 9.78 Å². The molecule has 2 aliphatic heterocycles. The van der Waals surface area contributed by atoms with Crippen molar-refractivity contribution < 1.29 is 9.53 Å². The molecule has 9 nitrogen and oxygen atoms in total. The number of nitrogens with one attached hydrogen (secondary N) is 2. The van der Waals surface area contributed by atoms with Gasteiger partial charge in [-0.3, -0.25) is 5.10 Å². The van der Waals surface area contributed by atoms with Crippen LogP contribution in [0.15, 0.2) is 18.2 Å². The first-order valence-corrected chi connectivity index (χ1v) is 12.3. The Morgan fingerprint density at radius 2 is 1.94 bits per heavy atom. The van der Waals surface area contributed by atoms with Crippen molar-refractivity contribution in [3.8, 4) is 17.3 Å². The van der Waals surface area contributed by atoms with Gasteiger partial charge in [-0.2, -0.15) is 15.3 Å². The number of hydrogen-bond acceptors (Lipinski definition) is 7. The number of H-pyrrole nitrogens is 1. The van der Waals surface area contributed by atoms with E-state index in [1.54, 1.807) is 18.2 Å². The van der Waals surface area contributed by atoms with Gasteiger partial charge in [0.25, 0.3) is 0 Å². The van der Waals surface area contributed by atoms with E-state index in [-0.39, 0.29) is 23.8 Å². The number of nitriles is 1. The molecule has 2 N–H and O–H groups in total. The number of amides is 1. The molecule has 35 heavy (non-hydrogen) atoms. The molecule has 0 radical (unpaired) electrons. The highest BCUT2D eigenvalue weighted by molar-refractivity contribution is 6.43. The lowest BCUT2D eigenvalue weighted by atomic mass is 9.98. The van der Waals surface area contributed by atoms with E-state index in [0.29, 0.717) is 38.3 Å². The molecule has 0 spiro atoms. The third-order valence-corrected chi connectivity index (χ3v) is 7.22. The highest BCUT2D eigenvalue weighted by atomic mass is 35.5. The topological polar surface area (TPSA) is 120 Å². The SMILES string of the molecule is CC(C)(C)OC(=O)N[C@H]1C[C@H]2CC[C@@H](C1)N2c1nc(C#N)c2c(-c3cccc(Cl)c3Cl)n[nH]c2n1. The highest BCUT2D eigenvalue weighted by Crippen LogP contribution is 2.40. The van der Waals surface area contributed by atoms with Crippen LogP contribution in [0.5, 0.6) is 0 Å². The van der Waals surface area contributed by atoms with Gasteiger partial charge in [-0.05, 0) is 52.5 Å². The molecule has 0 saturated carbocycles. The van der Waals surface area contributed by atoms with Crippen LogP contribution < -0.4 is 10.2 Å². The van der Waals surface area contributed by atoms with Crippen LogP contribution in [0.4, 0.5) is 10.7 Å². The van der Waals surface area contributed by atoms with Crippen LogP contribution >= 0.6 is 23.2 Å². The molecule has 182 valence electrons. The van der Waals surface area contributed by atoms with E-state index in [4.69, 9.17) is 32.9 Å². The Kier molecular flexibility index (Phi) is 5.98. The van der Waals surface area contributed by atoms with Crippen molar-refractivity contribution in [1.29, 1.82) is 5.26 Å². The minimum absolute atomic E-state index is 0.0153. The highest BCUT2D eigenvalue weighted by Gasteiger charge is 2.43. The predicted molar refractivity (Wildman–Crippen MR) is 134 cm³/mol. The summed E-state index contributed by atoms with van der Waals surface area (Å²) in [4.78, 5) is 23.8. The maximum Gasteiger partial charge on any atom is 0.407 e. The smallest absolute Gasteiger partial charge is 0.407 e. The Morgan fingerprint density at radius 3 is 2.60 bits per heavy atom. The number of rotatable bonds is 3. The summed E-state index contributed by atoms with van der Waals surface area (Å²) in [5.41, 5.74) is 1.23. The van der Waals surface area contributed by atoms with Crippen LogP contribution in [0.25, 0.3) is 22.3 Å². The fourth-order valence-electron chi connectivity index (χ4n) is 5.09. The van der Waals surface area contributed by atoms with Gasteiger partial charge in [0.1, 0.15) is 17.4 Å². The van der Waals surface area contributed by atoms with Gasteiger partial charge in [0, 0.05) is 23.7 Å². The Morgan fingerprint density at radius 1 is 1.23 bits per heavy atom. The van der Waals surface area contributed by atoms with Crippen molar-refractivity contribution in [2.75, 3.05) is 4.90 Å². The van der Waals surface area contributed by atoms with Crippen LogP contribution in [0.3, 0.4) is 0 Å². The third-order valence-electron chi connectivity index (χ3n) is 6.41. The summed E-state index contributed by atoms with van der Waals surface area (Å²) in [5, 5.41) is 21.5. The number of hydrogen-bond donors (Lipinski definition) is 2. The molecular formula is C24H25Cl2N7O2. The number of aromatic amines is 1. The fraction of sp³-hybridized carbons (Fsp3) is 0.458. The van der Waals surface area contributed by atoms with Gasteiger partial charge in [0.15, 0.2) is 11.3 Å². The minimum Gasteiger partial charge on any atom is -0.444 e. The van der Waals surface area contributed by atoms with E-state index in [2.05, 4.69) is 31.5 Å². The van der Waals surface area contributed by atoms with E-state index in [1.807, 2.05) is 20.8 Å². The van der Waals surface area contributed by atoms with E-state index in [1.165, 1.54) is 0 Å². The van der Waals surface area contributed by atoms with E-state index >= 15 is 0 Å². The second kappa shape index (κ2) is 8.85. The largest absolute Gasteiger partial charge is 0.444 e. The third kappa shape index (κ3) is 4.48.